The van der Waals surface area contributed by atoms with E-state index in [0.29, 0.717) is 24.1 Å². The average Bonchev–Trinajstić information content (AvgIpc) is 2.87. The molecule has 1 saturated heterocycles. The number of piperidine rings is 1. The van der Waals surface area contributed by atoms with Crippen molar-refractivity contribution in [3.05, 3.63) is 72.3 Å². The van der Waals surface area contributed by atoms with Crippen LogP contribution in [0.2, 0.25) is 0 Å². The van der Waals surface area contributed by atoms with Gasteiger partial charge in [0.2, 0.25) is 21.8 Å². The van der Waals surface area contributed by atoms with Gasteiger partial charge >= 0.3 is 0 Å². The maximum absolute atomic E-state index is 13.1. The molecule has 0 unspecified atom stereocenters. The van der Waals surface area contributed by atoms with E-state index < -0.39 is 10.0 Å². The van der Waals surface area contributed by atoms with Gasteiger partial charge in [0, 0.05) is 30.3 Å². The molecule has 0 saturated carbocycles. The topological polar surface area (TPSA) is 95.6 Å². The fourth-order valence-corrected chi connectivity index (χ4v) is 5.54. The molecule has 1 fully saturated rings. The van der Waals surface area contributed by atoms with E-state index >= 15 is 0 Å². The highest BCUT2D eigenvalue weighted by molar-refractivity contribution is 7.89. The highest BCUT2D eigenvalue weighted by Crippen LogP contribution is 2.26. The Morgan fingerprint density at radius 3 is 2.44 bits per heavy atom. The van der Waals surface area contributed by atoms with Crippen molar-refractivity contribution in [1.29, 1.82) is 0 Å². The lowest BCUT2D eigenvalue weighted by molar-refractivity contribution is -0.128. The first-order chi connectivity index (χ1) is 16.4. The molecule has 34 heavy (non-hydrogen) atoms. The Balaban J connectivity index is 1.29. The summed E-state index contributed by atoms with van der Waals surface area (Å²) in [7, 11) is -3.65. The molecule has 1 aliphatic rings. The van der Waals surface area contributed by atoms with Crippen LogP contribution in [0.25, 0.3) is 10.8 Å². The fourth-order valence-electron chi connectivity index (χ4n) is 4.04. The standard InChI is InChI=1S/C26H25N3O4S/c1-2-19-6-5-9-23(16-19)28-25(30)18-27-26(31)21-12-14-29(15-13-21)34(32,33)24-11-10-20-7-3-4-8-22(20)17-24/h1,3-11,16-17,21H,12-15,18H2,(H,27,31)(H,28,30). The number of amides is 2. The number of benzene rings is 3. The molecule has 0 aliphatic carbocycles. The van der Waals surface area contributed by atoms with E-state index in [1.165, 1.54) is 4.31 Å². The van der Waals surface area contributed by atoms with Gasteiger partial charge in [0.1, 0.15) is 0 Å². The zero-order chi connectivity index (χ0) is 24.1. The van der Waals surface area contributed by atoms with Gasteiger partial charge in [-0.3, -0.25) is 9.59 Å². The zero-order valence-electron chi connectivity index (χ0n) is 18.5. The number of fused-ring (bicyclic) bond motifs is 1. The zero-order valence-corrected chi connectivity index (χ0v) is 19.3. The summed E-state index contributed by atoms with van der Waals surface area (Å²) in [6, 6.07) is 19.6. The Labute approximate surface area is 199 Å². The fraction of sp³-hybridized carbons (Fsp3) is 0.231. The van der Waals surface area contributed by atoms with Crippen LogP contribution in [0.15, 0.2) is 71.6 Å². The molecule has 1 heterocycles. The average molecular weight is 476 g/mol. The van der Waals surface area contributed by atoms with E-state index in [0.717, 1.165) is 10.8 Å². The van der Waals surface area contributed by atoms with Gasteiger partial charge in [0.15, 0.2) is 0 Å². The van der Waals surface area contributed by atoms with Crippen LogP contribution in [-0.4, -0.2) is 44.2 Å². The third kappa shape index (κ3) is 5.28. The molecule has 2 N–H and O–H groups in total. The smallest absolute Gasteiger partial charge is 0.243 e. The largest absolute Gasteiger partial charge is 0.347 e. The SMILES string of the molecule is C#Cc1cccc(NC(=O)CNC(=O)C2CCN(S(=O)(=O)c3ccc4ccccc4c3)CC2)c1. The summed E-state index contributed by atoms with van der Waals surface area (Å²) >= 11 is 0. The minimum Gasteiger partial charge on any atom is -0.347 e. The highest BCUT2D eigenvalue weighted by atomic mass is 32.2. The number of sulfonamides is 1. The molecule has 0 spiro atoms. The van der Waals surface area contributed by atoms with Crippen molar-refractivity contribution < 1.29 is 18.0 Å². The lowest BCUT2D eigenvalue weighted by Crippen LogP contribution is -2.44. The normalized spacial score (nSPS) is 14.9. The maximum atomic E-state index is 13.1. The molecule has 7 nitrogen and oxygen atoms in total. The molecule has 1 aliphatic heterocycles. The highest BCUT2D eigenvalue weighted by Gasteiger charge is 2.32. The van der Waals surface area contributed by atoms with Gasteiger partial charge in [0.05, 0.1) is 11.4 Å². The van der Waals surface area contributed by atoms with Crippen molar-refractivity contribution in [2.45, 2.75) is 17.7 Å². The van der Waals surface area contributed by atoms with E-state index in [2.05, 4.69) is 16.6 Å². The minimum atomic E-state index is -3.65. The summed E-state index contributed by atoms with van der Waals surface area (Å²) in [5, 5.41) is 7.18. The van der Waals surface area contributed by atoms with E-state index in [1.807, 2.05) is 24.3 Å². The molecular weight excluding hydrogens is 450 g/mol. The lowest BCUT2D eigenvalue weighted by atomic mass is 9.97. The van der Waals surface area contributed by atoms with Crippen LogP contribution in [0.5, 0.6) is 0 Å². The van der Waals surface area contributed by atoms with E-state index in [1.54, 1.807) is 42.5 Å². The predicted molar refractivity (Wildman–Crippen MR) is 131 cm³/mol. The van der Waals surface area contributed by atoms with Crippen molar-refractivity contribution in [3.63, 3.8) is 0 Å². The second-order valence-electron chi connectivity index (χ2n) is 8.18. The van der Waals surface area contributed by atoms with Crippen LogP contribution in [0, 0.1) is 18.3 Å². The van der Waals surface area contributed by atoms with Crippen molar-refractivity contribution in [2.24, 2.45) is 5.92 Å². The number of nitrogens with one attached hydrogen (secondary N) is 2. The monoisotopic (exact) mass is 475 g/mol. The molecule has 3 aromatic carbocycles. The van der Waals surface area contributed by atoms with Crippen LogP contribution >= 0.6 is 0 Å². The maximum Gasteiger partial charge on any atom is 0.243 e. The van der Waals surface area contributed by atoms with E-state index in [9.17, 15) is 18.0 Å². The Morgan fingerprint density at radius 2 is 1.71 bits per heavy atom. The van der Waals surface area contributed by atoms with Crippen molar-refractivity contribution in [1.82, 2.24) is 9.62 Å². The van der Waals surface area contributed by atoms with Gasteiger partial charge in [-0.05, 0) is 53.9 Å². The Morgan fingerprint density at radius 1 is 0.971 bits per heavy atom. The van der Waals surface area contributed by atoms with Crippen LogP contribution in [-0.2, 0) is 19.6 Å². The molecule has 3 aromatic rings. The van der Waals surface area contributed by atoms with Crippen molar-refractivity contribution in [3.8, 4) is 12.3 Å². The van der Waals surface area contributed by atoms with Crippen LogP contribution in [0.4, 0.5) is 5.69 Å². The number of nitrogens with zero attached hydrogens (tertiary/aromatic N) is 1. The quantitative estimate of drug-likeness (QED) is 0.536. The third-order valence-corrected chi connectivity index (χ3v) is 7.81. The van der Waals surface area contributed by atoms with E-state index in [4.69, 9.17) is 6.42 Å². The Hall–Kier alpha value is -3.67. The molecule has 174 valence electrons. The van der Waals surface area contributed by atoms with Gasteiger partial charge in [-0.15, -0.1) is 6.42 Å². The molecule has 0 aromatic heterocycles. The van der Waals surface area contributed by atoms with Crippen LogP contribution < -0.4 is 10.6 Å². The van der Waals surface area contributed by atoms with Gasteiger partial charge < -0.3 is 10.6 Å². The summed E-state index contributed by atoms with van der Waals surface area (Å²) in [6.07, 6.45) is 6.15. The molecule has 8 heteroatoms. The lowest BCUT2D eigenvalue weighted by Gasteiger charge is -2.30. The number of rotatable bonds is 6. The summed E-state index contributed by atoms with van der Waals surface area (Å²) < 4.78 is 27.6. The molecule has 0 atom stereocenters. The first-order valence-corrected chi connectivity index (χ1v) is 12.4. The molecule has 0 radical (unpaired) electrons. The second-order valence-corrected chi connectivity index (χ2v) is 10.1. The molecular formula is C26H25N3O4S. The van der Waals surface area contributed by atoms with Crippen LogP contribution in [0.3, 0.4) is 0 Å². The second kappa shape index (κ2) is 10.1. The first kappa shape index (κ1) is 23.5. The number of carbonyl (C=O) groups is 2. The summed E-state index contributed by atoms with van der Waals surface area (Å²) in [4.78, 5) is 25.0. The van der Waals surface area contributed by atoms with Crippen molar-refractivity contribution in [2.75, 3.05) is 25.0 Å². The predicted octanol–water partition coefficient (Wildman–Crippen LogP) is 2.98. The number of hydrogen-bond acceptors (Lipinski definition) is 4. The summed E-state index contributed by atoms with van der Waals surface area (Å²) in [6.45, 7) is 0.325. The van der Waals surface area contributed by atoms with Gasteiger partial charge in [0.25, 0.3) is 0 Å². The number of anilines is 1. The van der Waals surface area contributed by atoms with Gasteiger partial charge in [-0.2, -0.15) is 4.31 Å². The van der Waals surface area contributed by atoms with Crippen LogP contribution in [0.1, 0.15) is 18.4 Å². The third-order valence-electron chi connectivity index (χ3n) is 5.92. The Bertz CT molecular complexity index is 1370. The number of terminal acetylenes is 1. The number of carbonyl (C=O) groups excluding carboxylic acids is 2. The van der Waals surface area contributed by atoms with Crippen molar-refractivity contribution >= 4 is 38.3 Å². The Kier molecular flexibility index (Phi) is 6.96. The number of hydrogen-bond donors (Lipinski definition) is 2. The van der Waals surface area contributed by atoms with Gasteiger partial charge in [-0.1, -0.05) is 42.3 Å². The molecule has 2 amide bonds. The molecule has 4 rings (SSSR count). The summed E-state index contributed by atoms with van der Waals surface area (Å²) in [5.41, 5.74) is 1.20. The first-order valence-electron chi connectivity index (χ1n) is 11.0. The van der Waals surface area contributed by atoms with Gasteiger partial charge in [-0.25, -0.2) is 8.42 Å². The molecule has 0 bridgehead atoms. The van der Waals surface area contributed by atoms with E-state index in [-0.39, 0.29) is 42.3 Å². The minimum absolute atomic E-state index is 0.172. The summed E-state index contributed by atoms with van der Waals surface area (Å²) in [5.74, 6) is 1.54.